The second-order valence-corrected chi connectivity index (χ2v) is 7.90. The van der Waals surface area contributed by atoms with Crippen LogP contribution in [0, 0.1) is 0 Å². The molecule has 0 aliphatic heterocycles. The Bertz CT molecular complexity index is 873. The highest BCUT2D eigenvalue weighted by Gasteiger charge is 2.08. The SMILES string of the molecule is CCCCCCCC(=O)NCc1cccc(-c2nc(-c3ccccc3)cs2)c1. The number of nitrogens with zero attached hydrogens (tertiary/aromatic N) is 1. The summed E-state index contributed by atoms with van der Waals surface area (Å²) < 4.78 is 0. The summed E-state index contributed by atoms with van der Waals surface area (Å²) in [6, 6.07) is 18.5. The Morgan fingerprint density at radius 2 is 1.75 bits per heavy atom. The van der Waals surface area contributed by atoms with Crippen LogP contribution in [-0.2, 0) is 11.3 Å². The van der Waals surface area contributed by atoms with Crippen LogP contribution in [0.15, 0.2) is 60.0 Å². The minimum atomic E-state index is 0.141. The lowest BCUT2D eigenvalue weighted by atomic mass is 10.1. The lowest BCUT2D eigenvalue weighted by Gasteiger charge is -2.07. The standard InChI is InChI=1S/C24H28N2OS/c1-2-3-4-5-9-15-23(27)25-17-19-11-10-14-21(16-19)24-26-22(18-28-24)20-12-7-6-8-13-20/h6-8,10-14,16,18H,2-5,9,15,17H2,1H3,(H,25,27). The molecule has 1 aromatic heterocycles. The molecule has 0 saturated heterocycles. The van der Waals surface area contributed by atoms with E-state index in [1.54, 1.807) is 11.3 Å². The summed E-state index contributed by atoms with van der Waals surface area (Å²) in [6.45, 7) is 2.77. The number of carbonyl (C=O) groups is 1. The molecule has 0 aliphatic rings. The Morgan fingerprint density at radius 3 is 2.57 bits per heavy atom. The van der Waals surface area contributed by atoms with E-state index in [1.807, 2.05) is 24.3 Å². The van der Waals surface area contributed by atoms with E-state index < -0.39 is 0 Å². The molecule has 0 spiro atoms. The summed E-state index contributed by atoms with van der Waals surface area (Å²) in [4.78, 5) is 16.8. The maximum atomic E-state index is 12.0. The average Bonchev–Trinajstić information content (AvgIpc) is 3.23. The highest BCUT2D eigenvalue weighted by molar-refractivity contribution is 7.13. The predicted molar refractivity (Wildman–Crippen MR) is 118 cm³/mol. The normalized spacial score (nSPS) is 10.8. The van der Waals surface area contributed by atoms with Gasteiger partial charge in [-0.25, -0.2) is 4.98 Å². The third kappa shape index (κ3) is 6.03. The van der Waals surface area contributed by atoms with Crippen LogP contribution in [-0.4, -0.2) is 10.9 Å². The molecule has 146 valence electrons. The fraction of sp³-hybridized carbons (Fsp3) is 0.333. The van der Waals surface area contributed by atoms with Gasteiger partial charge < -0.3 is 5.32 Å². The predicted octanol–water partition coefficient (Wildman–Crippen LogP) is 6.45. The quantitative estimate of drug-likeness (QED) is 0.403. The van der Waals surface area contributed by atoms with Gasteiger partial charge in [0.05, 0.1) is 5.69 Å². The van der Waals surface area contributed by atoms with Crippen molar-refractivity contribution in [2.45, 2.75) is 52.0 Å². The Kier molecular flexibility index (Phi) is 7.80. The summed E-state index contributed by atoms with van der Waals surface area (Å²) in [5, 5.41) is 6.14. The number of unbranched alkanes of at least 4 members (excludes halogenated alkanes) is 4. The van der Waals surface area contributed by atoms with Gasteiger partial charge in [0.25, 0.3) is 0 Å². The molecule has 1 N–H and O–H groups in total. The molecule has 1 heterocycles. The van der Waals surface area contributed by atoms with Crippen LogP contribution in [0.3, 0.4) is 0 Å². The molecule has 28 heavy (non-hydrogen) atoms. The fourth-order valence-corrected chi connectivity index (χ4v) is 3.97. The second-order valence-electron chi connectivity index (χ2n) is 7.05. The summed E-state index contributed by atoms with van der Waals surface area (Å²) in [7, 11) is 0. The van der Waals surface area contributed by atoms with Crippen molar-refractivity contribution in [2.24, 2.45) is 0 Å². The van der Waals surface area contributed by atoms with E-state index in [4.69, 9.17) is 4.98 Å². The Hall–Kier alpha value is -2.46. The summed E-state index contributed by atoms with van der Waals surface area (Å²) in [6.07, 6.45) is 6.46. The summed E-state index contributed by atoms with van der Waals surface area (Å²) in [5.74, 6) is 0.141. The van der Waals surface area contributed by atoms with Gasteiger partial charge in [0.2, 0.25) is 5.91 Å². The highest BCUT2D eigenvalue weighted by Crippen LogP contribution is 2.29. The largest absolute Gasteiger partial charge is 0.352 e. The van der Waals surface area contributed by atoms with Crippen molar-refractivity contribution in [1.82, 2.24) is 10.3 Å². The number of aromatic nitrogens is 1. The van der Waals surface area contributed by atoms with Gasteiger partial charge in [-0.05, 0) is 18.1 Å². The van der Waals surface area contributed by atoms with Gasteiger partial charge in [0.15, 0.2) is 0 Å². The van der Waals surface area contributed by atoms with Crippen LogP contribution < -0.4 is 5.32 Å². The molecule has 0 fully saturated rings. The minimum absolute atomic E-state index is 0.141. The molecular weight excluding hydrogens is 364 g/mol. The molecule has 3 aromatic rings. The van der Waals surface area contributed by atoms with Crippen molar-refractivity contribution < 1.29 is 4.79 Å². The van der Waals surface area contributed by atoms with Gasteiger partial charge in [-0.15, -0.1) is 11.3 Å². The molecule has 3 nitrogen and oxygen atoms in total. The maximum Gasteiger partial charge on any atom is 0.220 e. The lowest BCUT2D eigenvalue weighted by molar-refractivity contribution is -0.121. The topological polar surface area (TPSA) is 42.0 Å². The van der Waals surface area contributed by atoms with Gasteiger partial charge >= 0.3 is 0 Å². The first-order valence-electron chi connectivity index (χ1n) is 10.1. The van der Waals surface area contributed by atoms with Crippen molar-refractivity contribution in [2.75, 3.05) is 0 Å². The van der Waals surface area contributed by atoms with Crippen LogP contribution in [0.2, 0.25) is 0 Å². The van der Waals surface area contributed by atoms with Crippen molar-refractivity contribution in [3.8, 4) is 21.8 Å². The van der Waals surface area contributed by atoms with Crippen LogP contribution in [0.4, 0.5) is 0 Å². The van der Waals surface area contributed by atoms with Crippen LogP contribution >= 0.6 is 11.3 Å². The Morgan fingerprint density at radius 1 is 0.964 bits per heavy atom. The van der Waals surface area contributed by atoms with Gasteiger partial charge in [-0.3, -0.25) is 4.79 Å². The monoisotopic (exact) mass is 392 g/mol. The summed E-state index contributed by atoms with van der Waals surface area (Å²) >= 11 is 1.65. The smallest absolute Gasteiger partial charge is 0.220 e. The van der Waals surface area contributed by atoms with Crippen molar-refractivity contribution in [1.29, 1.82) is 0 Å². The van der Waals surface area contributed by atoms with Crippen molar-refractivity contribution in [3.05, 3.63) is 65.5 Å². The second kappa shape index (κ2) is 10.8. The molecule has 0 bridgehead atoms. The molecule has 0 unspecified atom stereocenters. The summed E-state index contributed by atoms with van der Waals surface area (Å²) in [5.41, 5.74) is 4.33. The number of nitrogens with one attached hydrogen (secondary N) is 1. The van der Waals surface area contributed by atoms with Crippen LogP contribution in [0.1, 0.15) is 51.0 Å². The number of hydrogen-bond acceptors (Lipinski definition) is 3. The molecule has 0 saturated carbocycles. The molecule has 0 atom stereocenters. The van der Waals surface area contributed by atoms with Gasteiger partial charge in [-0.1, -0.05) is 81.1 Å². The van der Waals surface area contributed by atoms with E-state index in [2.05, 4.69) is 48.0 Å². The number of amides is 1. The van der Waals surface area contributed by atoms with Gasteiger partial charge in [0, 0.05) is 29.5 Å². The zero-order valence-corrected chi connectivity index (χ0v) is 17.3. The average molecular weight is 393 g/mol. The molecule has 0 radical (unpaired) electrons. The molecule has 3 rings (SSSR count). The molecule has 1 amide bonds. The van der Waals surface area contributed by atoms with Gasteiger partial charge in [0.1, 0.15) is 5.01 Å². The Labute approximate surface area is 171 Å². The van der Waals surface area contributed by atoms with E-state index >= 15 is 0 Å². The molecule has 0 aliphatic carbocycles. The first kappa shape index (κ1) is 20.3. The lowest BCUT2D eigenvalue weighted by Crippen LogP contribution is -2.22. The highest BCUT2D eigenvalue weighted by atomic mass is 32.1. The maximum absolute atomic E-state index is 12.0. The van der Waals surface area contributed by atoms with E-state index in [-0.39, 0.29) is 5.91 Å². The molecule has 2 aromatic carbocycles. The zero-order valence-electron chi connectivity index (χ0n) is 16.5. The van der Waals surface area contributed by atoms with Crippen LogP contribution in [0.25, 0.3) is 21.8 Å². The number of thiazole rings is 1. The minimum Gasteiger partial charge on any atom is -0.352 e. The first-order chi connectivity index (χ1) is 13.8. The zero-order chi connectivity index (χ0) is 19.6. The first-order valence-corrected chi connectivity index (χ1v) is 11.0. The number of benzene rings is 2. The third-order valence-corrected chi connectivity index (χ3v) is 5.64. The van der Waals surface area contributed by atoms with E-state index in [9.17, 15) is 4.79 Å². The van der Waals surface area contributed by atoms with E-state index in [1.165, 1.54) is 19.3 Å². The van der Waals surface area contributed by atoms with E-state index in [0.717, 1.165) is 40.2 Å². The number of carbonyl (C=O) groups excluding carboxylic acids is 1. The van der Waals surface area contributed by atoms with Gasteiger partial charge in [-0.2, -0.15) is 0 Å². The molecular formula is C24H28N2OS. The fourth-order valence-electron chi connectivity index (χ4n) is 3.14. The van der Waals surface area contributed by atoms with Crippen LogP contribution in [0.5, 0.6) is 0 Å². The third-order valence-electron chi connectivity index (χ3n) is 4.74. The number of rotatable bonds is 10. The van der Waals surface area contributed by atoms with Crippen molar-refractivity contribution in [3.63, 3.8) is 0 Å². The Balaban J connectivity index is 1.54. The molecule has 4 heteroatoms. The van der Waals surface area contributed by atoms with E-state index in [0.29, 0.717) is 13.0 Å². The number of hydrogen-bond donors (Lipinski definition) is 1. The van der Waals surface area contributed by atoms with Crippen molar-refractivity contribution >= 4 is 17.2 Å².